The fourth-order valence-electron chi connectivity index (χ4n) is 4.79. The second-order valence-corrected chi connectivity index (χ2v) is 10.3. The lowest BCUT2D eigenvalue weighted by Crippen LogP contribution is -2.30. The monoisotopic (exact) mass is 543 g/mol. The Morgan fingerprint density at radius 2 is 0.976 bits per heavy atom. The van der Waals surface area contributed by atoms with E-state index in [2.05, 4.69) is 53.4 Å². The van der Waals surface area contributed by atoms with Gasteiger partial charge in [-0.1, -0.05) is 121 Å². The van der Waals surface area contributed by atoms with E-state index in [9.17, 15) is 5.11 Å². The molecule has 41 heavy (non-hydrogen) atoms. The molecule has 5 rings (SSSR count). The second kappa shape index (κ2) is 14.8. The molecule has 0 heterocycles. The minimum atomic E-state index is -0.714. The lowest BCUT2D eigenvalue weighted by Gasteiger charge is -2.26. The van der Waals surface area contributed by atoms with Crippen LogP contribution in [-0.4, -0.2) is 23.1 Å². The summed E-state index contributed by atoms with van der Waals surface area (Å²) >= 11 is 0. The Hall–Kier alpha value is -4.38. The summed E-state index contributed by atoms with van der Waals surface area (Å²) in [6, 6.07) is 46.9. The van der Waals surface area contributed by atoms with Gasteiger partial charge >= 0.3 is 0 Å². The first-order valence-corrected chi connectivity index (χ1v) is 14.2. The molecule has 4 nitrogen and oxygen atoms in total. The van der Waals surface area contributed by atoms with Gasteiger partial charge in [-0.2, -0.15) is 0 Å². The van der Waals surface area contributed by atoms with Crippen LogP contribution in [0.15, 0.2) is 140 Å². The van der Waals surface area contributed by atoms with E-state index in [1.54, 1.807) is 0 Å². The van der Waals surface area contributed by atoms with Crippen LogP contribution in [0.1, 0.15) is 33.9 Å². The maximum absolute atomic E-state index is 11.5. The van der Waals surface area contributed by atoms with Crippen molar-refractivity contribution >= 4 is 0 Å². The predicted octanol–water partition coefficient (Wildman–Crippen LogP) is 7.62. The Morgan fingerprint density at radius 3 is 1.46 bits per heavy atom. The van der Waals surface area contributed by atoms with Gasteiger partial charge in [0.15, 0.2) is 0 Å². The summed E-state index contributed by atoms with van der Waals surface area (Å²) < 4.78 is 12.4. The summed E-state index contributed by atoms with van der Waals surface area (Å²) in [6.07, 6.45) is 0.195. The molecule has 1 N–H and O–H groups in total. The van der Waals surface area contributed by atoms with E-state index >= 15 is 0 Å². The van der Waals surface area contributed by atoms with E-state index in [1.165, 1.54) is 11.1 Å². The van der Waals surface area contributed by atoms with Gasteiger partial charge in [0.25, 0.3) is 0 Å². The van der Waals surface area contributed by atoms with Gasteiger partial charge in [0.2, 0.25) is 0 Å². The summed E-state index contributed by atoms with van der Waals surface area (Å²) in [5.41, 5.74) is 5.45. The van der Waals surface area contributed by atoms with E-state index in [0.29, 0.717) is 31.3 Å². The van der Waals surface area contributed by atoms with E-state index in [4.69, 9.17) is 9.47 Å². The molecule has 1 unspecified atom stereocenters. The van der Waals surface area contributed by atoms with Crippen molar-refractivity contribution in [3.8, 4) is 11.5 Å². The molecule has 5 aromatic rings. The van der Waals surface area contributed by atoms with Gasteiger partial charge in [-0.25, -0.2) is 0 Å². The molecule has 0 saturated carbocycles. The number of hydrogen-bond acceptors (Lipinski definition) is 4. The normalized spacial score (nSPS) is 11.8. The third kappa shape index (κ3) is 9.07. The predicted molar refractivity (Wildman–Crippen MR) is 165 cm³/mol. The molecule has 0 bridgehead atoms. The molecule has 0 spiro atoms. The molecule has 5 aromatic carbocycles. The number of rotatable bonds is 14. The SMILES string of the molecule is OC(CN(CCc1ccccc1)Cc1ccccc1)c1cc(OCc2ccccc2)cc(OCc2ccccc2)c1. The van der Waals surface area contributed by atoms with Crippen LogP contribution in [0, 0.1) is 0 Å². The minimum Gasteiger partial charge on any atom is -0.489 e. The second-order valence-electron chi connectivity index (χ2n) is 10.3. The topological polar surface area (TPSA) is 41.9 Å². The first-order chi connectivity index (χ1) is 20.2. The van der Waals surface area contributed by atoms with Gasteiger partial charge in [-0.05, 0) is 46.4 Å². The van der Waals surface area contributed by atoms with Crippen molar-refractivity contribution in [1.29, 1.82) is 0 Å². The smallest absolute Gasteiger partial charge is 0.123 e. The zero-order chi connectivity index (χ0) is 28.1. The summed E-state index contributed by atoms with van der Waals surface area (Å²) in [5.74, 6) is 1.35. The lowest BCUT2D eigenvalue weighted by molar-refractivity contribution is 0.109. The Labute approximate surface area is 243 Å². The fourth-order valence-corrected chi connectivity index (χ4v) is 4.79. The molecule has 4 heteroatoms. The summed E-state index contributed by atoms with van der Waals surface area (Å²) in [4.78, 5) is 2.31. The van der Waals surface area contributed by atoms with Crippen molar-refractivity contribution in [2.75, 3.05) is 13.1 Å². The van der Waals surface area contributed by atoms with Gasteiger partial charge in [0.1, 0.15) is 24.7 Å². The molecule has 0 aromatic heterocycles. The highest BCUT2D eigenvalue weighted by Crippen LogP contribution is 2.29. The highest BCUT2D eigenvalue weighted by molar-refractivity contribution is 5.40. The molecule has 1 atom stereocenters. The van der Waals surface area contributed by atoms with Crippen molar-refractivity contribution in [2.45, 2.75) is 32.3 Å². The maximum atomic E-state index is 11.5. The number of benzene rings is 5. The van der Waals surface area contributed by atoms with Crippen LogP contribution in [-0.2, 0) is 26.2 Å². The summed E-state index contributed by atoms with van der Waals surface area (Å²) in [5, 5.41) is 11.5. The molecule has 0 aliphatic heterocycles. The average molecular weight is 544 g/mol. The van der Waals surface area contributed by atoms with Crippen LogP contribution in [0.25, 0.3) is 0 Å². The molecular formula is C37H37NO3. The lowest BCUT2D eigenvalue weighted by atomic mass is 10.1. The Balaban J connectivity index is 1.34. The average Bonchev–Trinajstić information content (AvgIpc) is 3.03. The van der Waals surface area contributed by atoms with Crippen LogP contribution in [0.3, 0.4) is 0 Å². The number of aliphatic hydroxyl groups excluding tert-OH is 1. The highest BCUT2D eigenvalue weighted by atomic mass is 16.5. The fraction of sp³-hybridized carbons (Fsp3) is 0.189. The molecule has 208 valence electrons. The largest absolute Gasteiger partial charge is 0.489 e. The zero-order valence-electron chi connectivity index (χ0n) is 23.3. The van der Waals surface area contributed by atoms with Crippen molar-refractivity contribution in [1.82, 2.24) is 4.90 Å². The first-order valence-electron chi connectivity index (χ1n) is 14.2. The molecule has 0 radical (unpaired) electrons. The molecule has 0 saturated heterocycles. The van der Waals surface area contributed by atoms with Crippen LogP contribution in [0.5, 0.6) is 11.5 Å². The van der Waals surface area contributed by atoms with Crippen molar-refractivity contribution < 1.29 is 14.6 Å². The van der Waals surface area contributed by atoms with E-state index < -0.39 is 6.10 Å². The number of hydrogen-bond donors (Lipinski definition) is 1. The van der Waals surface area contributed by atoms with Crippen molar-refractivity contribution in [2.24, 2.45) is 0 Å². The third-order valence-corrected chi connectivity index (χ3v) is 7.02. The summed E-state index contributed by atoms with van der Waals surface area (Å²) in [6.45, 7) is 2.96. The minimum absolute atomic E-state index is 0.440. The quantitative estimate of drug-likeness (QED) is 0.156. The van der Waals surface area contributed by atoms with Gasteiger partial charge in [-0.15, -0.1) is 0 Å². The van der Waals surface area contributed by atoms with Crippen LogP contribution in [0.4, 0.5) is 0 Å². The number of nitrogens with zero attached hydrogens (tertiary/aromatic N) is 1. The van der Waals surface area contributed by atoms with Crippen molar-refractivity contribution in [3.05, 3.63) is 167 Å². The van der Waals surface area contributed by atoms with Gasteiger partial charge in [-0.3, -0.25) is 4.90 Å². The zero-order valence-corrected chi connectivity index (χ0v) is 23.3. The van der Waals surface area contributed by atoms with Crippen molar-refractivity contribution in [3.63, 3.8) is 0 Å². The number of aliphatic hydroxyl groups is 1. The van der Waals surface area contributed by atoms with Crippen LogP contribution in [0.2, 0.25) is 0 Å². The van der Waals surface area contributed by atoms with E-state index in [1.807, 2.05) is 91.0 Å². The van der Waals surface area contributed by atoms with E-state index in [0.717, 1.165) is 36.2 Å². The molecular weight excluding hydrogens is 506 g/mol. The van der Waals surface area contributed by atoms with Crippen LogP contribution < -0.4 is 9.47 Å². The van der Waals surface area contributed by atoms with Crippen LogP contribution >= 0.6 is 0 Å². The highest BCUT2D eigenvalue weighted by Gasteiger charge is 2.17. The molecule has 0 fully saturated rings. The molecule has 0 amide bonds. The third-order valence-electron chi connectivity index (χ3n) is 7.02. The Bertz CT molecular complexity index is 1380. The van der Waals surface area contributed by atoms with Gasteiger partial charge < -0.3 is 14.6 Å². The summed E-state index contributed by atoms with van der Waals surface area (Å²) in [7, 11) is 0. The number of ether oxygens (including phenoxy) is 2. The molecule has 0 aliphatic rings. The standard InChI is InChI=1S/C37H37NO3/c39-37(27-38(26-31-15-7-2-8-16-31)22-21-30-13-5-1-6-14-30)34-23-35(40-28-32-17-9-3-10-18-32)25-36(24-34)41-29-33-19-11-4-12-20-33/h1-20,23-25,37,39H,21-22,26-29H2. The Morgan fingerprint density at radius 1 is 0.537 bits per heavy atom. The van der Waals surface area contributed by atoms with Gasteiger partial charge in [0.05, 0.1) is 6.10 Å². The van der Waals surface area contributed by atoms with E-state index in [-0.39, 0.29) is 0 Å². The Kier molecular flexibility index (Phi) is 10.2. The maximum Gasteiger partial charge on any atom is 0.123 e. The van der Waals surface area contributed by atoms with Gasteiger partial charge in [0, 0.05) is 25.7 Å². The molecule has 0 aliphatic carbocycles. The first kappa shape index (κ1) is 28.2.